The number of fused-ring (bicyclic) bond motifs is 1. The van der Waals surface area contributed by atoms with Crippen molar-refractivity contribution < 1.29 is 13.2 Å². The number of carbonyl (C=O) groups is 1. The Labute approximate surface area is 151 Å². The molecule has 1 saturated heterocycles. The standard InChI is InChI=1S/C17H21N3O3S2/c1-4-17(21)19-13-7-11(2)20(12(3)8-13)25(22,23)14-5-6-15-16(9-14)24-10-18-15/h4-6,9-13H,1,7-8H2,2-3H3,(H,19,21). The molecule has 25 heavy (non-hydrogen) atoms. The molecule has 2 unspecified atom stereocenters. The molecule has 1 amide bonds. The minimum absolute atomic E-state index is 0.0501. The first-order valence-corrected chi connectivity index (χ1v) is 10.4. The Morgan fingerprint density at radius 1 is 1.36 bits per heavy atom. The Hall–Kier alpha value is -1.77. The molecule has 2 atom stereocenters. The maximum Gasteiger partial charge on any atom is 0.243 e. The molecular formula is C17H21N3O3S2. The van der Waals surface area contributed by atoms with Crippen LogP contribution < -0.4 is 5.32 Å². The summed E-state index contributed by atoms with van der Waals surface area (Å²) in [5, 5.41) is 2.88. The molecule has 1 fully saturated rings. The van der Waals surface area contributed by atoms with E-state index in [1.54, 1.807) is 28.0 Å². The number of thiazole rings is 1. The number of nitrogens with one attached hydrogen (secondary N) is 1. The van der Waals surface area contributed by atoms with E-state index < -0.39 is 10.0 Å². The van der Waals surface area contributed by atoms with E-state index in [0.717, 1.165) is 10.2 Å². The maximum atomic E-state index is 13.2. The van der Waals surface area contributed by atoms with Crippen LogP contribution in [0.3, 0.4) is 0 Å². The number of amides is 1. The lowest BCUT2D eigenvalue weighted by Gasteiger charge is -2.41. The van der Waals surface area contributed by atoms with Crippen molar-refractivity contribution >= 4 is 37.5 Å². The van der Waals surface area contributed by atoms with Gasteiger partial charge in [-0.1, -0.05) is 6.58 Å². The van der Waals surface area contributed by atoms with E-state index in [2.05, 4.69) is 16.9 Å². The van der Waals surface area contributed by atoms with Crippen LogP contribution in [0.4, 0.5) is 0 Å². The fourth-order valence-corrected chi connectivity index (χ4v) is 6.19. The monoisotopic (exact) mass is 379 g/mol. The van der Waals surface area contributed by atoms with E-state index in [0.29, 0.717) is 12.8 Å². The van der Waals surface area contributed by atoms with E-state index in [-0.39, 0.29) is 28.9 Å². The summed E-state index contributed by atoms with van der Waals surface area (Å²) in [7, 11) is -3.61. The third-order valence-corrected chi connectivity index (χ3v) is 7.45. The number of rotatable bonds is 4. The number of hydrogen-bond donors (Lipinski definition) is 1. The first-order valence-electron chi connectivity index (χ1n) is 8.12. The van der Waals surface area contributed by atoms with Crippen molar-refractivity contribution in [2.75, 3.05) is 0 Å². The van der Waals surface area contributed by atoms with Crippen LogP contribution in [0.25, 0.3) is 10.2 Å². The smallest absolute Gasteiger partial charge is 0.243 e. The summed E-state index contributed by atoms with van der Waals surface area (Å²) < 4.78 is 28.7. The fourth-order valence-electron chi connectivity index (χ4n) is 3.53. The van der Waals surface area contributed by atoms with Crippen LogP contribution in [-0.4, -0.2) is 41.7 Å². The van der Waals surface area contributed by atoms with Gasteiger partial charge < -0.3 is 5.32 Å². The first-order chi connectivity index (χ1) is 11.8. The van der Waals surface area contributed by atoms with Gasteiger partial charge >= 0.3 is 0 Å². The lowest BCUT2D eigenvalue weighted by molar-refractivity contribution is -0.117. The highest BCUT2D eigenvalue weighted by Gasteiger charge is 2.39. The minimum Gasteiger partial charge on any atom is -0.350 e. The van der Waals surface area contributed by atoms with Crippen LogP contribution >= 0.6 is 11.3 Å². The highest BCUT2D eigenvalue weighted by molar-refractivity contribution is 7.89. The van der Waals surface area contributed by atoms with Crippen molar-refractivity contribution in [2.24, 2.45) is 0 Å². The van der Waals surface area contributed by atoms with Gasteiger partial charge in [0, 0.05) is 18.1 Å². The predicted octanol–water partition coefficient (Wildman–Crippen LogP) is 2.53. The topological polar surface area (TPSA) is 79.4 Å². The third-order valence-electron chi connectivity index (χ3n) is 4.53. The SMILES string of the molecule is C=CC(=O)NC1CC(C)N(S(=O)(=O)c2ccc3ncsc3c2)C(C)C1. The predicted molar refractivity (Wildman–Crippen MR) is 98.9 cm³/mol. The van der Waals surface area contributed by atoms with Crippen molar-refractivity contribution in [3.05, 3.63) is 36.4 Å². The summed E-state index contributed by atoms with van der Waals surface area (Å²) in [6, 6.07) is 4.58. The van der Waals surface area contributed by atoms with Gasteiger partial charge in [0.2, 0.25) is 15.9 Å². The summed E-state index contributed by atoms with van der Waals surface area (Å²) in [5.41, 5.74) is 2.51. The Morgan fingerprint density at radius 2 is 2.04 bits per heavy atom. The van der Waals surface area contributed by atoms with Gasteiger partial charge in [-0.05, 0) is 51.0 Å². The second-order valence-corrected chi connectivity index (χ2v) is 9.13. The van der Waals surface area contributed by atoms with Gasteiger partial charge in [0.15, 0.2) is 0 Å². The molecule has 0 radical (unpaired) electrons. The maximum absolute atomic E-state index is 13.2. The normalized spacial score (nSPS) is 25.0. The number of piperidine rings is 1. The number of aromatic nitrogens is 1. The lowest BCUT2D eigenvalue weighted by Crippen LogP contribution is -2.54. The molecule has 2 aromatic rings. The van der Waals surface area contributed by atoms with Crippen LogP contribution in [0, 0.1) is 0 Å². The highest BCUT2D eigenvalue weighted by Crippen LogP contribution is 2.31. The van der Waals surface area contributed by atoms with E-state index >= 15 is 0 Å². The number of sulfonamides is 1. The summed E-state index contributed by atoms with van der Waals surface area (Å²) in [6.45, 7) is 7.22. The minimum atomic E-state index is -3.61. The van der Waals surface area contributed by atoms with Crippen molar-refractivity contribution in [1.82, 2.24) is 14.6 Å². The Morgan fingerprint density at radius 3 is 2.68 bits per heavy atom. The second-order valence-electron chi connectivity index (χ2n) is 6.40. The van der Waals surface area contributed by atoms with Gasteiger partial charge in [-0.25, -0.2) is 13.4 Å². The van der Waals surface area contributed by atoms with Crippen molar-refractivity contribution in [3.8, 4) is 0 Å². The van der Waals surface area contributed by atoms with Gasteiger partial charge in [0.05, 0.1) is 20.6 Å². The summed E-state index contributed by atoms with van der Waals surface area (Å²) in [6.07, 6.45) is 2.39. The van der Waals surface area contributed by atoms with E-state index in [1.165, 1.54) is 17.4 Å². The number of benzene rings is 1. The van der Waals surface area contributed by atoms with Crippen LogP contribution in [0.5, 0.6) is 0 Å². The molecule has 1 aliphatic rings. The second kappa shape index (κ2) is 6.86. The molecular weight excluding hydrogens is 358 g/mol. The zero-order chi connectivity index (χ0) is 18.2. The highest BCUT2D eigenvalue weighted by atomic mass is 32.2. The number of nitrogens with zero attached hydrogens (tertiary/aromatic N) is 2. The third kappa shape index (κ3) is 3.47. The van der Waals surface area contributed by atoms with E-state index in [1.807, 2.05) is 13.8 Å². The fraction of sp³-hybridized carbons (Fsp3) is 0.412. The number of carbonyl (C=O) groups excluding carboxylic acids is 1. The zero-order valence-corrected chi connectivity index (χ0v) is 15.8. The van der Waals surface area contributed by atoms with Crippen molar-refractivity contribution in [3.63, 3.8) is 0 Å². The van der Waals surface area contributed by atoms with E-state index in [4.69, 9.17) is 0 Å². The van der Waals surface area contributed by atoms with Crippen molar-refractivity contribution in [2.45, 2.75) is 49.7 Å². The number of hydrogen-bond acceptors (Lipinski definition) is 5. The van der Waals surface area contributed by atoms with Gasteiger partial charge in [0.1, 0.15) is 0 Å². The average molecular weight is 380 g/mol. The van der Waals surface area contributed by atoms with Crippen molar-refractivity contribution in [1.29, 1.82) is 0 Å². The molecule has 1 aromatic heterocycles. The van der Waals surface area contributed by atoms with Gasteiger partial charge in [-0.2, -0.15) is 4.31 Å². The molecule has 6 nitrogen and oxygen atoms in total. The molecule has 0 aliphatic carbocycles. The Balaban J connectivity index is 1.86. The van der Waals surface area contributed by atoms with E-state index in [9.17, 15) is 13.2 Å². The quantitative estimate of drug-likeness (QED) is 0.828. The molecule has 0 saturated carbocycles. The van der Waals surface area contributed by atoms with Crippen LogP contribution in [0.1, 0.15) is 26.7 Å². The van der Waals surface area contributed by atoms with Gasteiger partial charge in [-0.3, -0.25) is 4.79 Å². The molecule has 3 rings (SSSR count). The summed E-state index contributed by atoms with van der Waals surface area (Å²) in [5.74, 6) is -0.226. The van der Waals surface area contributed by atoms with Crippen LogP contribution in [-0.2, 0) is 14.8 Å². The molecule has 0 bridgehead atoms. The molecule has 8 heteroatoms. The molecule has 134 valence electrons. The Kier molecular flexibility index (Phi) is 4.95. The van der Waals surface area contributed by atoms with Gasteiger partial charge in [0.25, 0.3) is 0 Å². The Bertz CT molecular complexity index is 895. The van der Waals surface area contributed by atoms with Crippen LogP contribution in [0.2, 0.25) is 0 Å². The summed E-state index contributed by atoms with van der Waals surface area (Å²) in [4.78, 5) is 16.0. The largest absolute Gasteiger partial charge is 0.350 e. The average Bonchev–Trinajstić information content (AvgIpc) is 3.01. The zero-order valence-electron chi connectivity index (χ0n) is 14.2. The molecule has 1 aliphatic heterocycles. The molecule has 1 aromatic carbocycles. The molecule has 1 N–H and O–H groups in total. The van der Waals surface area contributed by atoms with Crippen LogP contribution in [0.15, 0.2) is 41.3 Å². The molecule has 2 heterocycles. The first kappa shape index (κ1) is 18.0. The summed E-state index contributed by atoms with van der Waals surface area (Å²) >= 11 is 1.42. The lowest BCUT2D eigenvalue weighted by atomic mass is 9.95. The van der Waals surface area contributed by atoms with Gasteiger partial charge in [-0.15, -0.1) is 11.3 Å². The molecule has 0 spiro atoms.